The number of furan rings is 1. The number of carbonyl (C=O) groups excluding carboxylic acids is 1. The first-order valence-corrected chi connectivity index (χ1v) is 11.5. The summed E-state index contributed by atoms with van der Waals surface area (Å²) in [5.74, 6) is -1.43. The third-order valence-corrected chi connectivity index (χ3v) is 6.29. The van der Waals surface area contributed by atoms with E-state index in [-0.39, 0.29) is 5.92 Å². The third-order valence-electron chi connectivity index (χ3n) is 6.29. The van der Waals surface area contributed by atoms with Crippen LogP contribution in [0.3, 0.4) is 0 Å². The minimum atomic E-state index is -1.82. The van der Waals surface area contributed by atoms with Crippen molar-refractivity contribution < 1.29 is 29.0 Å². The number of rotatable bonds is 5. The standard InChI is InChI=1S/C23H30N2O2.C2H2O4/c26-23(21-8-4-12-24(17-21)18-22-9-5-15-27-22)25-13-10-20(11-14-25)16-19-6-2-1-3-7-19;3-1(4)2(5)6/h1-3,5-7,9,15,20-21H,4,8,10-14,16-18H2;(H,3,4)(H,5,6). The number of nitrogens with zero attached hydrogens (tertiary/aromatic N) is 2. The maximum absolute atomic E-state index is 13.0. The van der Waals surface area contributed by atoms with Crippen molar-refractivity contribution in [2.45, 2.75) is 38.6 Å². The van der Waals surface area contributed by atoms with Gasteiger partial charge in [-0.3, -0.25) is 9.69 Å². The fraction of sp³-hybridized carbons (Fsp3) is 0.480. The topological polar surface area (TPSA) is 111 Å². The first-order chi connectivity index (χ1) is 15.9. The van der Waals surface area contributed by atoms with E-state index in [0.717, 1.165) is 70.6 Å². The van der Waals surface area contributed by atoms with Crippen LogP contribution in [0.25, 0.3) is 0 Å². The summed E-state index contributed by atoms with van der Waals surface area (Å²) >= 11 is 0. The summed E-state index contributed by atoms with van der Waals surface area (Å²) in [6.07, 6.45) is 7.25. The summed E-state index contributed by atoms with van der Waals surface area (Å²) in [4.78, 5) is 35.7. The molecule has 8 nitrogen and oxygen atoms in total. The SMILES string of the molecule is O=C(C1CCCN(Cc2ccco2)C1)N1CCC(Cc2ccccc2)CC1.O=C(O)C(=O)O. The first kappa shape index (κ1) is 24.5. The minimum absolute atomic E-state index is 0.152. The lowest BCUT2D eigenvalue weighted by Gasteiger charge is -2.37. The molecule has 2 saturated heterocycles. The number of amides is 1. The number of likely N-dealkylation sites (tertiary alicyclic amines) is 2. The van der Waals surface area contributed by atoms with E-state index in [0.29, 0.717) is 11.8 Å². The maximum Gasteiger partial charge on any atom is 0.414 e. The molecular weight excluding hydrogens is 424 g/mol. The van der Waals surface area contributed by atoms with Gasteiger partial charge >= 0.3 is 11.9 Å². The molecule has 0 saturated carbocycles. The zero-order chi connectivity index (χ0) is 23.6. The lowest BCUT2D eigenvalue weighted by atomic mass is 9.89. The number of carboxylic acids is 2. The molecule has 0 radical (unpaired) electrons. The molecule has 4 rings (SSSR count). The number of carboxylic acid groups (broad SMARTS) is 2. The highest BCUT2D eigenvalue weighted by Gasteiger charge is 2.31. The molecule has 1 aromatic heterocycles. The van der Waals surface area contributed by atoms with E-state index < -0.39 is 11.9 Å². The summed E-state index contributed by atoms with van der Waals surface area (Å²) in [6, 6.07) is 14.7. The highest BCUT2D eigenvalue weighted by Crippen LogP contribution is 2.26. The fourth-order valence-electron chi connectivity index (χ4n) is 4.59. The van der Waals surface area contributed by atoms with Crippen LogP contribution in [0, 0.1) is 11.8 Å². The van der Waals surface area contributed by atoms with Crippen LogP contribution in [0.4, 0.5) is 0 Å². The van der Waals surface area contributed by atoms with Crippen LogP contribution < -0.4 is 0 Å². The van der Waals surface area contributed by atoms with Crippen molar-refractivity contribution in [2.75, 3.05) is 26.2 Å². The Morgan fingerprint density at radius 3 is 2.21 bits per heavy atom. The molecule has 178 valence electrons. The van der Waals surface area contributed by atoms with E-state index in [1.807, 2.05) is 12.1 Å². The van der Waals surface area contributed by atoms with Crippen molar-refractivity contribution in [3.63, 3.8) is 0 Å². The summed E-state index contributed by atoms with van der Waals surface area (Å²) in [5.41, 5.74) is 1.42. The molecule has 2 fully saturated rings. The summed E-state index contributed by atoms with van der Waals surface area (Å²) in [7, 11) is 0. The van der Waals surface area contributed by atoms with Gasteiger partial charge in [0.1, 0.15) is 5.76 Å². The number of aliphatic carboxylic acids is 2. The van der Waals surface area contributed by atoms with Crippen LogP contribution in [0.15, 0.2) is 53.1 Å². The van der Waals surface area contributed by atoms with Gasteiger partial charge in [0.25, 0.3) is 0 Å². The van der Waals surface area contributed by atoms with Crippen LogP contribution in [-0.4, -0.2) is 64.0 Å². The van der Waals surface area contributed by atoms with Crippen molar-refractivity contribution in [2.24, 2.45) is 11.8 Å². The first-order valence-electron chi connectivity index (χ1n) is 11.5. The second-order valence-electron chi connectivity index (χ2n) is 8.72. The molecule has 2 aromatic rings. The van der Waals surface area contributed by atoms with Crippen LogP contribution in [0.1, 0.15) is 37.0 Å². The number of piperidine rings is 2. The van der Waals surface area contributed by atoms with Crippen LogP contribution in [0.2, 0.25) is 0 Å². The third kappa shape index (κ3) is 7.75. The smallest absolute Gasteiger partial charge is 0.414 e. The number of hydrogen-bond donors (Lipinski definition) is 2. The van der Waals surface area contributed by atoms with E-state index in [1.165, 1.54) is 5.56 Å². The molecule has 3 heterocycles. The van der Waals surface area contributed by atoms with Gasteiger partial charge in [0.2, 0.25) is 5.91 Å². The highest BCUT2D eigenvalue weighted by molar-refractivity contribution is 6.27. The molecule has 2 aliphatic rings. The molecule has 2 aliphatic heterocycles. The van der Waals surface area contributed by atoms with Crippen LogP contribution in [-0.2, 0) is 27.3 Å². The van der Waals surface area contributed by atoms with Crippen molar-refractivity contribution in [3.8, 4) is 0 Å². The summed E-state index contributed by atoms with van der Waals surface area (Å²) in [5, 5.41) is 14.8. The van der Waals surface area contributed by atoms with E-state index in [1.54, 1.807) is 6.26 Å². The molecule has 1 amide bonds. The predicted molar refractivity (Wildman–Crippen MR) is 121 cm³/mol. The highest BCUT2D eigenvalue weighted by atomic mass is 16.4. The lowest BCUT2D eigenvalue weighted by Crippen LogP contribution is -2.47. The Bertz CT molecular complexity index is 879. The largest absolute Gasteiger partial charge is 0.473 e. The minimum Gasteiger partial charge on any atom is -0.473 e. The van der Waals surface area contributed by atoms with Crippen LogP contribution in [0.5, 0.6) is 0 Å². The lowest BCUT2D eigenvalue weighted by molar-refractivity contribution is -0.159. The summed E-state index contributed by atoms with van der Waals surface area (Å²) in [6.45, 7) is 4.58. The molecule has 2 N–H and O–H groups in total. The van der Waals surface area contributed by atoms with Crippen LogP contribution >= 0.6 is 0 Å². The van der Waals surface area contributed by atoms with E-state index in [9.17, 15) is 4.79 Å². The molecule has 8 heteroatoms. The second-order valence-corrected chi connectivity index (χ2v) is 8.72. The Morgan fingerprint density at radius 1 is 0.909 bits per heavy atom. The van der Waals surface area contributed by atoms with Gasteiger partial charge in [-0.15, -0.1) is 0 Å². The van der Waals surface area contributed by atoms with Crippen molar-refractivity contribution in [1.82, 2.24) is 9.80 Å². The molecule has 1 atom stereocenters. The van der Waals surface area contributed by atoms with Gasteiger partial charge in [0.15, 0.2) is 0 Å². The van der Waals surface area contributed by atoms with Gasteiger partial charge in [-0.2, -0.15) is 0 Å². The van der Waals surface area contributed by atoms with Gasteiger partial charge in [-0.25, -0.2) is 9.59 Å². The van der Waals surface area contributed by atoms with Gasteiger partial charge in [-0.1, -0.05) is 30.3 Å². The van der Waals surface area contributed by atoms with Gasteiger partial charge in [0.05, 0.1) is 18.7 Å². The fourth-order valence-corrected chi connectivity index (χ4v) is 4.59. The summed E-state index contributed by atoms with van der Waals surface area (Å²) < 4.78 is 5.47. The Balaban J connectivity index is 0.000000454. The number of benzene rings is 1. The molecule has 1 aromatic carbocycles. The van der Waals surface area contributed by atoms with Crippen molar-refractivity contribution in [3.05, 3.63) is 60.1 Å². The average Bonchev–Trinajstić information content (AvgIpc) is 3.33. The monoisotopic (exact) mass is 456 g/mol. The number of hydrogen-bond acceptors (Lipinski definition) is 5. The number of carbonyl (C=O) groups is 3. The zero-order valence-corrected chi connectivity index (χ0v) is 18.8. The zero-order valence-electron chi connectivity index (χ0n) is 18.8. The quantitative estimate of drug-likeness (QED) is 0.665. The predicted octanol–water partition coefficient (Wildman–Crippen LogP) is 3.13. The molecule has 0 aliphatic carbocycles. The molecule has 0 spiro atoms. The molecular formula is C25H32N2O6. The molecule has 1 unspecified atom stereocenters. The Labute approximate surface area is 193 Å². The normalized spacial score (nSPS) is 19.4. The maximum atomic E-state index is 13.0. The van der Waals surface area contributed by atoms with E-state index in [4.69, 9.17) is 24.2 Å². The van der Waals surface area contributed by atoms with E-state index in [2.05, 4.69) is 40.1 Å². The molecule has 0 bridgehead atoms. The van der Waals surface area contributed by atoms with E-state index >= 15 is 0 Å². The van der Waals surface area contributed by atoms with Gasteiger partial charge < -0.3 is 19.5 Å². The Hall–Kier alpha value is -3.13. The Morgan fingerprint density at radius 2 is 1.61 bits per heavy atom. The Kier molecular flexibility index (Phi) is 9.06. The second kappa shape index (κ2) is 12.2. The molecule has 33 heavy (non-hydrogen) atoms. The van der Waals surface area contributed by atoms with Gasteiger partial charge in [-0.05, 0) is 62.3 Å². The van der Waals surface area contributed by atoms with Gasteiger partial charge in [0, 0.05) is 19.6 Å². The average molecular weight is 457 g/mol. The van der Waals surface area contributed by atoms with Crippen molar-refractivity contribution in [1.29, 1.82) is 0 Å². The van der Waals surface area contributed by atoms with Crippen molar-refractivity contribution >= 4 is 17.8 Å².